The van der Waals surface area contributed by atoms with Crippen LogP contribution in [0.15, 0.2) is 48.0 Å². The number of carboxylic acid groups (broad SMARTS) is 1. The van der Waals surface area contributed by atoms with Gasteiger partial charge >= 0.3 is 29.6 Å². The second kappa shape index (κ2) is 8.47. The monoisotopic (exact) mass is 424 g/mol. The molecule has 138 valence electrons. The van der Waals surface area contributed by atoms with Crippen molar-refractivity contribution in [3.63, 3.8) is 0 Å². The minimum atomic E-state index is -1.24. The Morgan fingerprint density at radius 2 is 1.86 bits per heavy atom. The van der Waals surface area contributed by atoms with Crippen LogP contribution in [0.2, 0.25) is 10.0 Å². The number of carbonyl (C=O) groups is 2. The molecule has 0 spiro atoms. The number of nitrogens with one attached hydrogen (secondary N) is 1. The standard InChI is InChI=1S/C20H16Cl2N2O3.Na/c21-11-8-15(22)18-14(10-17(20(26)27)23-16(18)9-11)13-6-7-24(19(13)25)12-4-2-1-3-5-12;/h1-5,8-9,17,23H,6-7,10H2,(H,26,27);/q;+1/p-1. The van der Waals surface area contributed by atoms with Crippen LogP contribution >= 0.6 is 23.2 Å². The van der Waals surface area contributed by atoms with Gasteiger partial charge in [-0.1, -0.05) is 41.4 Å². The minimum Gasteiger partial charge on any atom is -0.548 e. The van der Waals surface area contributed by atoms with Crippen molar-refractivity contribution in [2.45, 2.75) is 18.9 Å². The number of anilines is 2. The molecule has 2 aliphatic rings. The molecule has 0 aliphatic carbocycles. The summed E-state index contributed by atoms with van der Waals surface area (Å²) >= 11 is 12.5. The molecular formula is C20H15Cl2N2NaO3. The number of rotatable bonds is 2. The summed E-state index contributed by atoms with van der Waals surface area (Å²) in [4.78, 5) is 26.3. The molecule has 4 rings (SSSR count). The molecule has 1 unspecified atom stereocenters. The number of halogens is 2. The number of carboxylic acids is 1. The molecule has 8 heteroatoms. The van der Waals surface area contributed by atoms with Gasteiger partial charge in [0.2, 0.25) is 0 Å². The number of benzene rings is 2. The van der Waals surface area contributed by atoms with Gasteiger partial charge in [-0.25, -0.2) is 0 Å². The van der Waals surface area contributed by atoms with Crippen LogP contribution in [0.4, 0.5) is 11.4 Å². The maximum atomic E-state index is 13.1. The Labute approximate surface area is 194 Å². The second-order valence-electron chi connectivity index (χ2n) is 6.53. The summed E-state index contributed by atoms with van der Waals surface area (Å²) in [5.41, 5.74) is 3.17. The first-order valence-corrected chi connectivity index (χ1v) is 9.27. The first kappa shape index (κ1) is 21.2. The Balaban J connectivity index is 0.00000225. The fourth-order valence-electron chi connectivity index (χ4n) is 3.68. The van der Waals surface area contributed by atoms with Crippen LogP contribution in [0.1, 0.15) is 18.4 Å². The second-order valence-corrected chi connectivity index (χ2v) is 7.37. The molecule has 1 atom stereocenters. The van der Waals surface area contributed by atoms with Crippen molar-refractivity contribution in [2.24, 2.45) is 0 Å². The predicted octanol–water partition coefficient (Wildman–Crippen LogP) is 0.122. The Hall–Kier alpha value is -1.50. The molecule has 1 saturated heterocycles. The van der Waals surface area contributed by atoms with Crippen LogP contribution in [0, 0.1) is 0 Å². The maximum Gasteiger partial charge on any atom is 1.00 e. The zero-order valence-corrected chi connectivity index (χ0v) is 18.7. The minimum absolute atomic E-state index is 0. The van der Waals surface area contributed by atoms with Crippen LogP contribution in [-0.4, -0.2) is 24.5 Å². The van der Waals surface area contributed by atoms with E-state index in [1.165, 1.54) is 0 Å². The van der Waals surface area contributed by atoms with E-state index in [9.17, 15) is 14.7 Å². The summed E-state index contributed by atoms with van der Waals surface area (Å²) in [7, 11) is 0. The fraction of sp³-hybridized carbons (Fsp3) is 0.200. The van der Waals surface area contributed by atoms with E-state index in [0.717, 1.165) is 5.69 Å². The molecule has 0 saturated carbocycles. The summed E-state index contributed by atoms with van der Waals surface area (Å²) in [5, 5.41) is 15.2. The quantitative estimate of drug-likeness (QED) is 0.549. The first-order chi connectivity index (χ1) is 13.0. The zero-order valence-electron chi connectivity index (χ0n) is 15.2. The van der Waals surface area contributed by atoms with E-state index in [1.807, 2.05) is 30.3 Å². The van der Waals surface area contributed by atoms with E-state index in [1.54, 1.807) is 17.0 Å². The van der Waals surface area contributed by atoms with Gasteiger partial charge in [0.25, 0.3) is 5.91 Å². The van der Waals surface area contributed by atoms with Crippen molar-refractivity contribution in [2.75, 3.05) is 16.8 Å². The topological polar surface area (TPSA) is 72.5 Å². The summed E-state index contributed by atoms with van der Waals surface area (Å²) in [6.45, 7) is 0.533. The first-order valence-electron chi connectivity index (χ1n) is 8.51. The van der Waals surface area contributed by atoms with Crippen molar-refractivity contribution in [1.82, 2.24) is 0 Å². The number of carbonyl (C=O) groups excluding carboxylic acids is 2. The van der Waals surface area contributed by atoms with Gasteiger partial charge in [-0.15, -0.1) is 0 Å². The van der Waals surface area contributed by atoms with E-state index in [4.69, 9.17) is 23.2 Å². The van der Waals surface area contributed by atoms with E-state index < -0.39 is 12.0 Å². The fourth-order valence-corrected chi connectivity index (χ4v) is 4.29. The third kappa shape index (κ3) is 3.82. The van der Waals surface area contributed by atoms with E-state index in [-0.39, 0.29) is 41.9 Å². The SMILES string of the molecule is O=C([O-])C1CC(=C2CCN(c3ccccc3)C2=O)c2c(Cl)cc(Cl)cc2N1.[Na+]. The van der Waals surface area contributed by atoms with Gasteiger partial charge in [-0.2, -0.15) is 0 Å². The van der Waals surface area contributed by atoms with E-state index in [0.29, 0.717) is 45.4 Å². The molecule has 1 N–H and O–H groups in total. The summed E-state index contributed by atoms with van der Waals surface area (Å²) in [5.74, 6) is -1.37. The van der Waals surface area contributed by atoms with Gasteiger partial charge in [-0.05, 0) is 42.7 Å². The van der Waals surface area contributed by atoms with Gasteiger partial charge in [0.1, 0.15) is 0 Å². The summed E-state index contributed by atoms with van der Waals surface area (Å²) in [6.07, 6.45) is 0.640. The van der Waals surface area contributed by atoms with Crippen molar-refractivity contribution < 1.29 is 44.3 Å². The third-order valence-electron chi connectivity index (χ3n) is 4.90. The molecule has 0 radical (unpaired) electrons. The molecule has 5 nitrogen and oxygen atoms in total. The number of para-hydroxylation sites is 1. The molecule has 28 heavy (non-hydrogen) atoms. The van der Waals surface area contributed by atoms with Crippen molar-refractivity contribution >= 4 is 52.0 Å². The van der Waals surface area contributed by atoms with Crippen molar-refractivity contribution in [3.8, 4) is 0 Å². The van der Waals surface area contributed by atoms with Gasteiger partial charge < -0.3 is 20.1 Å². The molecular weight excluding hydrogens is 410 g/mol. The Kier molecular flexibility index (Phi) is 6.42. The largest absolute Gasteiger partial charge is 1.00 e. The zero-order chi connectivity index (χ0) is 19.1. The van der Waals surface area contributed by atoms with Crippen LogP contribution in [0.3, 0.4) is 0 Å². The normalized spacial score (nSPS) is 21.0. The molecule has 2 aromatic rings. The average molecular weight is 425 g/mol. The van der Waals surface area contributed by atoms with Crippen molar-refractivity contribution in [1.29, 1.82) is 0 Å². The molecule has 1 fully saturated rings. The van der Waals surface area contributed by atoms with Crippen LogP contribution in [0.5, 0.6) is 0 Å². The summed E-state index contributed by atoms with van der Waals surface area (Å²) < 4.78 is 0. The Bertz CT molecular complexity index is 979. The Morgan fingerprint density at radius 1 is 1.14 bits per heavy atom. The average Bonchev–Trinajstić information content (AvgIpc) is 3.02. The van der Waals surface area contributed by atoms with Crippen LogP contribution < -0.4 is 44.9 Å². The van der Waals surface area contributed by atoms with Gasteiger partial charge in [0.05, 0.1) is 17.0 Å². The molecule has 2 heterocycles. The molecule has 2 aliphatic heterocycles. The van der Waals surface area contributed by atoms with Gasteiger partial charge in [0.15, 0.2) is 0 Å². The van der Waals surface area contributed by atoms with E-state index >= 15 is 0 Å². The van der Waals surface area contributed by atoms with Crippen LogP contribution in [-0.2, 0) is 9.59 Å². The number of hydrogen-bond acceptors (Lipinski definition) is 4. The maximum absolute atomic E-state index is 13.1. The number of hydrogen-bond donors (Lipinski definition) is 1. The third-order valence-corrected chi connectivity index (χ3v) is 5.42. The van der Waals surface area contributed by atoms with Crippen LogP contribution in [0.25, 0.3) is 5.57 Å². The van der Waals surface area contributed by atoms with Gasteiger partial charge in [-0.3, -0.25) is 4.79 Å². The number of nitrogens with zero attached hydrogens (tertiary/aromatic N) is 1. The van der Waals surface area contributed by atoms with E-state index in [2.05, 4.69) is 5.32 Å². The summed E-state index contributed by atoms with van der Waals surface area (Å²) in [6, 6.07) is 11.6. The molecule has 2 aromatic carbocycles. The predicted molar refractivity (Wildman–Crippen MR) is 104 cm³/mol. The Morgan fingerprint density at radius 3 is 2.54 bits per heavy atom. The smallest absolute Gasteiger partial charge is 0.548 e. The molecule has 1 amide bonds. The van der Waals surface area contributed by atoms with Crippen molar-refractivity contribution in [3.05, 3.63) is 63.6 Å². The molecule has 0 bridgehead atoms. The van der Waals surface area contributed by atoms with Gasteiger partial charge in [0, 0.05) is 34.1 Å². The number of amides is 1. The molecule has 0 aromatic heterocycles. The number of aliphatic carboxylic acids is 1. The number of fused-ring (bicyclic) bond motifs is 1.